The van der Waals surface area contributed by atoms with E-state index in [4.69, 9.17) is 9.72 Å². The van der Waals surface area contributed by atoms with Gasteiger partial charge in [0.05, 0.1) is 11.9 Å². The van der Waals surface area contributed by atoms with E-state index in [0.29, 0.717) is 41.7 Å². The number of amides is 1. The van der Waals surface area contributed by atoms with E-state index in [2.05, 4.69) is 37.3 Å². The minimum atomic E-state index is -0.575. The molecule has 1 fully saturated rings. The first-order valence-electron chi connectivity index (χ1n) is 12.0. The third kappa shape index (κ3) is 5.59. The number of nitrogens with zero attached hydrogens (tertiary/aromatic N) is 7. The van der Waals surface area contributed by atoms with Gasteiger partial charge in [0.1, 0.15) is 5.82 Å². The lowest BCUT2D eigenvalue weighted by Crippen LogP contribution is -2.36. The van der Waals surface area contributed by atoms with Crippen LogP contribution in [0, 0.1) is 12.7 Å². The molecule has 0 radical (unpaired) electrons. The van der Waals surface area contributed by atoms with Gasteiger partial charge < -0.3 is 20.3 Å². The Labute approximate surface area is 218 Å². The molecule has 1 aliphatic rings. The molecule has 0 bridgehead atoms. The molecule has 4 aromatic rings. The third-order valence-corrected chi connectivity index (χ3v) is 5.97. The van der Waals surface area contributed by atoms with Crippen molar-refractivity contribution in [3.63, 3.8) is 0 Å². The zero-order valence-electron chi connectivity index (χ0n) is 20.9. The highest BCUT2D eigenvalue weighted by Gasteiger charge is 2.27. The number of aromatic nitrogens is 6. The van der Waals surface area contributed by atoms with E-state index in [1.807, 2.05) is 11.9 Å². The third-order valence-electron chi connectivity index (χ3n) is 5.97. The summed E-state index contributed by atoms with van der Waals surface area (Å²) >= 11 is 0. The van der Waals surface area contributed by atoms with E-state index < -0.39 is 5.82 Å². The standard InChI is InChI=1S/C26H26FN9O2/c1-4-23(37)32-18-8-10-36(15-18)24-20(13-29-25(34-24)33-19-12-30-35(3)14-19)17-5-6-22(21(27)11-17)38-26-28-9-7-16(2)31-26/h4-7,9,11-14,18H,1,8,10,15H2,2-3H3,(H,32,37)(H,29,33,34)/t18-/m0/s1. The van der Waals surface area contributed by atoms with Crippen molar-refractivity contribution in [3.8, 4) is 22.9 Å². The van der Waals surface area contributed by atoms with Crippen LogP contribution in [0.3, 0.4) is 0 Å². The summed E-state index contributed by atoms with van der Waals surface area (Å²) in [6.07, 6.45) is 8.65. The fourth-order valence-electron chi connectivity index (χ4n) is 4.15. The summed E-state index contributed by atoms with van der Waals surface area (Å²) in [6.45, 7) is 6.50. The fourth-order valence-corrected chi connectivity index (χ4v) is 4.15. The zero-order valence-corrected chi connectivity index (χ0v) is 20.9. The van der Waals surface area contributed by atoms with Crippen LogP contribution >= 0.6 is 0 Å². The van der Waals surface area contributed by atoms with Crippen LogP contribution in [0.15, 0.2) is 61.7 Å². The van der Waals surface area contributed by atoms with Crippen LogP contribution in [-0.4, -0.2) is 54.8 Å². The van der Waals surface area contributed by atoms with Gasteiger partial charge in [-0.3, -0.25) is 9.48 Å². The molecule has 2 N–H and O–H groups in total. The Kier molecular flexibility index (Phi) is 6.94. The van der Waals surface area contributed by atoms with Gasteiger partial charge in [-0.15, -0.1) is 0 Å². The Morgan fingerprint density at radius 1 is 1.24 bits per heavy atom. The van der Waals surface area contributed by atoms with Crippen molar-refractivity contribution in [1.29, 1.82) is 0 Å². The van der Waals surface area contributed by atoms with Crippen molar-refractivity contribution < 1.29 is 13.9 Å². The first-order valence-corrected chi connectivity index (χ1v) is 12.0. The molecule has 5 rings (SSSR count). The number of benzene rings is 1. The molecule has 1 atom stereocenters. The van der Waals surface area contributed by atoms with Crippen LogP contribution in [-0.2, 0) is 11.8 Å². The second kappa shape index (κ2) is 10.6. The topological polar surface area (TPSA) is 123 Å². The van der Waals surface area contributed by atoms with E-state index in [9.17, 15) is 4.79 Å². The molecule has 12 heteroatoms. The summed E-state index contributed by atoms with van der Waals surface area (Å²) in [4.78, 5) is 31.3. The number of carbonyl (C=O) groups excluding carboxylic acids is 1. The van der Waals surface area contributed by atoms with Crippen LogP contribution < -0.4 is 20.3 Å². The van der Waals surface area contributed by atoms with Gasteiger partial charge in [0.15, 0.2) is 11.6 Å². The molecule has 0 spiro atoms. The van der Waals surface area contributed by atoms with Crippen molar-refractivity contribution >= 4 is 23.4 Å². The molecule has 1 aromatic carbocycles. The Hall–Kier alpha value is -4.87. The average Bonchev–Trinajstić information content (AvgIpc) is 3.54. The molecule has 1 aliphatic heterocycles. The summed E-state index contributed by atoms with van der Waals surface area (Å²) in [7, 11) is 1.81. The summed E-state index contributed by atoms with van der Waals surface area (Å²) in [5.41, 5.74) is 2.65. The van der Waals surface area contributed by atoms with Gasteiger partial charge in [0.2, 0.25) is 11.9 Å². The number of aryl methyl sites for hydroxylation is 2. The number of hydrogen-bond donors (Lipinski definition) is 2. The molecule has 3 aromatic heterocycles. The van der Waals surface area contributed by atoms with Crippen LogP contribution in [0.1, 0.15) is 12.1 Å². The van der Waals surface area contributed by atoms with Crippen molar-refractivity contribution in [3.05, 3.63) is 73.2 Å². The molecule has 194 valence electrons. The van der Waals surface area contributed by atoms with E-state index in [-0.39, 0.29) is 23.7 Å². The Morgan fingerprint density at radius 3 is 2.84 bits per heavy atom. The predicted molar refractivity (Wildman–Crippen MR) is 140 cm³/mol. The number of halogens is 1. The molecule has 1 saturated heterocycles. The van der Waals surface area contributed by atoms with Crippen molar-refractivity contribution in [2.75, 3.05) is 23.3 Å². The van der Waals surface area contributed by atoms with Gasteiger partial charge in [-0.25, -0.2) is 19.3 Å². The first-order chi connectivity index (χ1) is 18.4. The van der Waals surface area contributed by atoms with Crippen molar-refractivity contribution in [2.24, 2.45) is 7.05 Å². The molecule has 0 saturated carbocycles. The largest absolute Gasteiger partial charge is 0.421 e. The second-order valence-corrected chi connectivity index (χ2v) is 8.83. The number of anilines is 3. The SMILES string of the molecule is C=CC(=O)N[C@H]1CCN(c2nc(Nc3cnn(C)c3)ncc2-c2ccc(Oc3nccc(C)n3)c(F)c2)C1. The van der Waals surface area contributed by atoms with E-state index in [0.717, 1.165) is 12.1 Å². The second-order valence-electron chi connectivity index (χ2n) is 8.83. The Bertz CT molecular complexity index is 1490. The van der Waals surface area contributed by atoms with Gasteiger partial charge in [-0.1, -0.05) is 12.6 Å². The highest BCUT2D eigenvalue weighted by molar-refractivity contribution is 5.87. The van der Waals surface area contributed by atoms with Crippen molar-refractivity contribution in [2.45, 2.75) is 19.4 Å². The van der Waals surface area contributed by atoms with Crippen molar-refractivity contribution in [1.82, 2.24) is 35.0 Å². The molecule has 0 unspecified atom stereocenters. The van der Waals surface area contributed by atoms with Gasteiger partial charge in [-0.05, 0) is 43.2 Å². The lowest BCUT2D eigenvalue weighted by atomic mass is 10.1. The lowest BCUT2D eigenvalue weighted by Gasteiger charge is -2.22. The van der Waals surface area contributed by atoms with Crippen LogP contribution in [0.5, 0.6) is 11.8 Å². The Balaban J connectivity index is 1.45. The average molecular weight is 516 g/mol. The summed E-state index contributed by atoms with van der Waals surface area (Å²) < 4.78 is 22.4. The van der Waals surface area contributed by atoms with Gasteiger partial charge >= 0.3 is 6.01 Å². The van der Waals surface area contributed by atoms with Gasteiger partial charge in [0, 0.05) is 56.0 Å². The molecule has 1 amide bonds. The fraction of sp³-hybridized carbons (Fsp3) is 0.231. The smallest absolute Gasteiger partial charge is 0.322 e. The maximum absolute atomic E-state index is 15.1. The number of carbonyl (C=O) groups is 1. The van der Waals surface area contributed by atoms with E-state index >= 15 is 4.39 Å². The number of hydrogen-bond acceptors (Lipinski definition) is 9. The monoisotopic (exact) mass is 515 g/mol. The molecule has 4 heterocycles. The highest BCUT2D eigenvalue weighted by atomic mass is 19.1. The summed E-state index contributed by atoms with van der Waals surface area (Å²) in [6, 6.07) is 6.36. The van der Waals surface area contributed by atoms with Gasteiger partial charge in [-0.2, -0.15) is 10.1 Å². The lowest BCUT2D eigenvalue weighted by molar-refractivity contribution is -0.117. The minimum absolute atomic E-state index is 0.00468. The van der Waals surface area contributed by atoms with Crippen LogP contribution in [0.25, 0.3) is 11.1 Å². The molecule has 38 heavy (non-hydrogen) atoms. The molecule has 0 aliphatic carbocycles. The van der Waals surface area contributed by atoms with Gasteiger partial charge in [0.25, 0.3) is 0 Å². The predicted octanol–water partition coefficient (Wildman–Crippen LogP) is 3.53. The highest BCUT2D eigenvalue weighted by Crippen LogP contribution is 2.35. The number of rotatable bonds is 8. The maximum atomic E-state index is 15.1. The van der Waals surface area contributed by atoms with E-state index in [1.54, 1.807) is 48.5 Å². The molecular weight excluding hydrogens is 489 g/mol. The summed E-state index contributed by atoms with van der Waals surface area (Å²) in [5.74, 6) is 0.178. The van der Waals surface area contributed by atoms with Crippen LogP contribution in [0.2, 0.25) is 0 Å². The maximum Gasteiger partial charge on any atom is 0.322 e. The number of nitrogens with one attached hydrogen (secondary N) is 2. The molecular formula is C26H26FN9O2. The normalized spacial score (nSPS) is 14.8. The zero-order chi connectivity index (χ0) is 26.6. The first kappa shape index (κ1) is 24.8. The minimum Gasteiger partial charge on any atom is -0.421 e. The molecule has 11 nitrogen and oxygen atoms in total. The summed E-state index contributed by atoms with van der Waals surface area (Å²) in [5, 5.41) is 10.2. The Morgan fingerprint density at radius 2 is 2.11 bits per heavy atom. The quantitative estimate of drug-likeness (QED) is 0.339. The van der Waals surface area contributed by atoms with E-state index in [1.165, 1.54) is 18.2 Å². The number of ether oxygens (including phenoxy) is 1. The van der Waals surface area contributed by atoms with Crippen LogP contribution in [0.4, 0.5) is 21.8 Å².